The summed E-state index contributed by atoms with van der Waals surface area (Å²) in [6.45, 7) is 2.50. The predicted molar refractivity (Wildman–Crippen MR) is 81.4 cm³/mol. The second kappa shape index (κ2) is 8.89. The molecule has 122 valence electrons. The number of hydrogen-bond donors (Lipinski definition) is 2. The SMILES string of the molecule is CC(=O)Nc1ccc(OCC[n+]2cccc(C(N)=O)c2)cc1.[Br-]. The van der Waals surface area contributed by atoms with E-state index in [1.165, 1.54) is 6.92 Å². The third-order valence-electron chi connectivity index (χ3n) is 2.94. The van der Waals surface area contributed by atoms with Crippen LogP contribution in [0.5, 0.6) is 5.75 Å². The van der Waals surface area contributed by atoms with Crippen molar-refractivity contribution in [1.82, 2.24) is 0 Å². The summed E-state index contributed by atoms with van der Waals surface area (Å²) in [5.74, 6) is 0.143. The van der Waals surface area contributed by atoms with Gasteiger partial charge in [-0.2, -0.15) is 0 Å². The van der Waals surface area contributed by atoms with Gasteiger partial charge in [-0.15, -0.1) is 0 Å². The molecule has 0 bridgehead atoms. The highest BCUT2D eigenvalue weighted by Crippen LogP contribution is 2.15. The van der Waals surface area contributed by atoms with E-state index in [9.17, 15) is 9.59 Å². The van der Waals surface area contributed by atoms with E-state index >= 15 is 0 Å². The Hall–Kier alpha value is -2.41. The number of aromatic nitrogens is 1. The second-order valence-electron chi connectivity index (χ2n) is 4.75. The van der Waals surface area contributed by atoms with E-state index in [1.54, 1.807) is 42.6 Å². The molecular formula is C16H18BrN3O3. The molecule has 0 aliphatic carbocycles. The first-order valence-electron chi connectivity index (χ1n) is 6.84. The van der Waals surface area contributed by atoms with Crippen molar-refractivity contribution < 1.29 is 35.9 Å². The molecule has 1 aromatic heterocycles. The third kappa shape index (κ3) is 6.07. The van der Waals surface area contributed by atoms with Crippen LogP contribution in [0.1, 0.15) is 17.3 Å². The van der Waals surface area contributed by atoms with E-state index in [1.807, 2.05) is 10.8 Å². The molecule has 2 aromatic rings. The first kappa shape index (κ1) is 18.6. The number of rotatable bonds is 6. The number of carbonyl (C=O) groups excluding carboxylic acids is 2. The number of nitrogens with two attached hydrogens (primary N) is 1. The molecule has 0 saturated heterocycles. The Morgan fingerprint density at radius 1 is 1.22 bits per heavy atom. The molecule has 0 spiro atoms. The van der Waals surface area contributed by atoms with Gasteiger partial charge in [-0.1, -0.05) is 0 Å². The molecule has 7 heteroatoms. The van der Waals surface area contributed by atoms with Crippen LogP contribution in [0.4, 0.5) is 5.69 Å². The fourth-order valence-electron chi connectivity index (χ4n) is 1.91. The van der Waals surface area contributed by atoms with Crippen LogP contribution in [-0.4, -0.2) is 18.4 Å². The quantitative estimate of drug-likeness (QED) is 0.575. The van der Waals surface area contributed by atoms with E-state index in [2.05, 4.69) is 5.32 Å². The standard InChI is InChI=1S/C16H17N3O3.BrH/c1-12(20)18-14-4-6-15(7-5-14)22-10-9-19-8-2-3-13(11-19)16(17)21;/h2-8,11H,9-10H2,1H3,(H2-,17,18,20,21);1H. The van der Waals surface area contributed by atoms with Crippen molar-refractivity contribution in [3.63, 3.8) is 0 Å². The summed E-state index contributed by atoms with van der Waals surface area (Å²) in [6, 6.07) is 10.6. The first-order valence-corrected chi connectivity index (χ1v) is 6.84. The summed E-state index contributed by atoms with van der Waals surface area (Å²) in [5.41, 5.74) is 6.42. The third-order valence-corrected chi connectivity index (χ3v) is 2.94. The number of carbonyl (C=O) groups is 2. The Kier molecular flexibility index (Phi) is 7.21. The maximum atomic E-state index is 11.1. The number of primary amides is 1. The largest absolute Gasteiger partial charge is 1.00 e. The number of halogens is 1. The molecular weight excluding hydrogens is 362 g/mol. The lowest BCUT2D eigenvalue weighted by atomic mass is 10.3. The van der Waals surface area contributed by atoms with Gasteiger partial charge in [0, 0.05) is 18.7 Å². The first-order chi connectivity index (χ1) is 10.5. The molecule has 0 radical (unpaired) electrons. The van der Waals surface area contributed by atoms with Crippen LogP contribution in [0.15, 0.2) is 48.8 Å². The summed E-state index contributed by atoms with van der Waals surface area (Å²) < 4.78 is 7.46. The van der Waals surface area contributed by atoms with E-state index in [0.717, 1.165) is 5.69 Å². The lowest BCUT2D eigenvalue weighted by Crippen LogP contribution is -3.00. The zero-order valence-corrected chi connectivity index (χ0v) is 14.2. The summed E-state index contributed by atoms with van der Waals surface area (Å²) in [7, 11) is 0. The number of ether oxygens (including phenoxy) is 1. The molecule has 1 heterocycles. The van der Waals surface area contributed by atoms with E-state index in [-0.39, 0.29) is 22.9 Å². The van der Waals surface area contributed by atoms with Crippen LogP contribution in [-0.2, 0) is 11.3 Å². The van der Waals surface area contributed by atoms with Crippen LogP contribution < -0.4 is 37.3 Å². The van der Waals surface area contributed by atoms with E-state index in [0.29, 0.717) is 24.5 Å². The monoisotopic (exact) mass is 379 g/mol. The fraction of sp³-hybridized carbons (Fsp3) is 0.188. The van der Waals surface area contributed by atoms with Crippen molar-refractivity contribution in [3.8, 4) is 5.75 Å². The zero-order chi connectivity index (χ0) is 15.9. The van der Waals surface area contributed by atoms with Crippen LogP contribution in [0, 0.1) is 0 Å². The Labute approximate surface area is 145 Å². The number of pyridine rings is 1. The molecule has 0 aliphatic heterocycles. The molecule has 2 rings (SSSR count). The number of amides is 2. The van der Waals surface area contributed by atoms with E-state index in [4.69, 9.17) is 10.5 Å². The van der Waals surface area contributed by atoms with Crippen molar-refractivity contribution in [2.45, 2.75) is 13.5 Å². The van der Waals surface area contributed by atoms with Gasteiger partial charge < -0.3 is 32.8 Å². The fourth-order valence-corrected chi connectivity index (χ4v) is 1.91. The molecule has 6 nitrogen and oxygen atoms in total. The Balaban J connectivity index is 0.00000264. The molecule has 1 aromatic carbocycles. The second-order valence-corrected chi connectivity index (χ2v) is 4.75. The van der Waals surface area contributed by atoms with Gasteiger partial charge >= 0.3 is 0 Å². The van der Waals surface area contributed by atoms with E-state index < -0.39 is 5.91 Å². The van der Waals surface area contributed by atoms with Gasteiger partial charge in [0.05, 0.1) is 0 Å². The topological polar surface area (TPSA) is 85.3 Å². The van der Waals surface area contributed by atoms with Crippen molar-refractivity contribution in [2.24, 2.45) is 5.73 Å². The number of nitrogens with zero attached hydrogens (tertiary/aromatic N) is 1. The summed E-state index contributed by atoms with van der Waals surface area (Å²) in [5, 5.41) is 2.69. The lowest BCUT2D eigenvalue weighted by molar-refractivity contribution is -0.697. The smallest absolute Gasteiger partial charge is 0.254 e. The summed E-state index contributed by atoms with van der Waals surface area (Å²) in [6.07, 6.45) is 3.53. The zero-order valence-electron chi connectivity index (χ0n) is 12.7. The highest BCUT2D eigenvalue weighted by Gasteiger charge is 2.07. The Morgan fingerprint density at radius 3 is 2.52 bits per heavy atom. The number of benzene rings is 1. The van der Waals surface area contributed by atoms with Gasteiger partial charge in [-0.3, -0.25) is 9.59 Å². The van der Waals surface area contributed by atoms with Gasteiger partial charge in [0.25, 0.3) is 5.91 Å². The van der Waals surface area contributed by atoms with Crippen LogP contribution in [0.3, 0.4) is 0 Å². The minimum absolute atomic E-state index is 0. The average molecular weight is 380 g/mol. The van der Waals surface area contributed by atoms with Gasteiger partial charge in [0.1, 0.15) is 17.9 Å². The Morgan fingerprint density at radius 2 is 1.91 bits per heavy atom. The number of hydrogen-bond acceptors (Lipinski definition) is 3. The molecule has 3 N–H and O–H groups in total. The maximum absolute atomic E-state index is 11.1. The number of nitrogens with one attached hydrogen (secondary N) is 1. The molecule has 2 amide bonds. The molecule has 0 saturated carbocycles. The van der Waals surface area contributed by atoms with Crippen LogP contribution in [0.2, 0.25) is 0 Å². The molecule has 0 atom stereocenters. The lowest BCUT2D eigenvalue weighted by Gasteiger charge is -2.06. The maximum Gasteiger partial charge on any atom is 0.254 e. The van der Waals surface area contributed by atoms with Gasteiger partial charge in [0.15, 0.2) is 18.9 Å². The highest BCUT2D eigenvalue weighted by molar-refractivity contribution is 5.92. The van der Waals surface area contributed by atoms with Crippen molar-refractivity contribution in [3.05, 3.63) is 54.4 Å². The highest BCUT2D eigenvalue weighted by atomic mass is 79.9. The van der Waals surface area contributed by atoms with Crippen molar-refractivity contribution in [2.75, 3.05) is 11.9 Å². The summed E-state index contributed by atoms with van der Waals surface area (Å²) >= 11 is 0. The average Bonchev–Trinajstić information content (AvgIpc) is 2.49. The molecule has 0 fully saturated rings. The van der Waals surface area contributed by atoms with Crippen molar-refractivity contribution in [1.29, 1.82) is 0 Å². The number of anilines is 1. The van der Waals surface area contributed by atoms with Gasteiger partial charge in [0.2, 0.25) is 5.91 Å². The normalized spacial score (nSPS) is 9.61. The molecule has 0 unspecified atom stereocenters. The molecule has 0 aliphatic rings. The molecule has 23 heavy (non-hydrogen) atoms. The van der Waals surface area contributed by atoms with Crippen molar-refractivity contribution >= 4 is 17.5 Å². The van der Waals surface area contributed by atoms with Gasteiger partial charge in [-0.05, 0) is 30.3 Å². The van der Waals surface area contributed by atoms with Gasteiger partial charge in [-0.25, -0.2) is 4.57 Å². The van der Waals surface area contributed by atoms with Crippen LogP contribution >= 0.6 is 0 Å². The summed E-state index contributed by atoms with van der Waals surface area (Å²) in [4.78, 5) is 22.0. The Bertz CT molecular complexity index is 675. The predicted octanol–water partition coefficient (Wildman–Crippen LogP) is -1.89. The minimum atomic E-state index is -0.455. The minimum Gasteiger partial charge on any atom is -1.00 e. The van der Waals surface area contributed by atoms with Crippen LogP contribution in [0.25, 0.3) is 0 Å².